The lowest BCUT2D eigenvalue weighted by molar-refractivity contribution is 0.112. The Bertz CT molecular complexity index is 394. The minimum atomic E-state index is -0.269. The van der Waals surface area contributed by atoms with Gasteiger partial charge in [0.1, 0.15) is 5.75 Å². The van der Waals surface area contributed by atoms with Gasteiger partial charge in [-0.25, -0.2) is 0 Å². The summed E-state index contributed by atoms with van der Waals surface area (Å²) in [6.07, 6.45) is 6.68. The number of unbranched alkanes of at least 4 members (excludes halogenated alkanes) is 1. The Morgan fingerprint density at radius 3 is 2.82 bits per heavy atom. The Labute approximate surface area is 101 Å². The van der Waals surface area contributed by atoms with E-state index in [0.29, 0.717) is 11.8 Å². The van der Waals surface area contributed by atoms with E-state index in [4.69, 9.17) is 5.11 Å². The van der Waals surface area contributed by atoms with Gasteiger partial charge in [-0.3, -0.25) is 4.79 Å². The third kappa shape index (κ3) is 4.41. The Morgan fingerprint density at radius 2 is 2.18 bits per heavy atom. The van der Waals surface area contributed by atoms with Crippen LogP contribution in [-0.4, -0.2) is 22.6 Å². The molecular weight excluding hydrogens is 216 g/mol. The highest BCUT2D eigenvalue weighted by Crippen LogP contribution is 2.20. The number of hydrogen-bond donors (Lipinski definition) is 2. The highest BCUT2D eigenvalue weighted by Gasteiger charge is 2.03. The third-order valence-electron chi connectivity index (χ3n) is 2.52. The summed E-state index contributed by atoms with van der Waals surface area (Å²) in [4.78, 5) is 10.8. The van der Waals surface area contributed by atoms with Crippen LogP contribution < -0.4 is 0 Å². The molecule has 0 amide bonds. The number of phenols is 1. The van der Waals surface area contributed by atoms with Crippen LogP contribution in [0.15, 0.2) is 24.3 Å². The number of aldehydes is 1. The summed E-state index contributed by atoms with van der Waals surface area (Å²) in [6, 6.07) is 4.99. The summed E-state index contributed by atoms with van der Waals surface area (Å²) in [5.41, 5.74) is 1.04. The first-order valence-corrected chi connectivity index (χ1v) is 5.77. The quantitative estimate of drug-likeness (QED) is 0.587. The van der Waals surface area contributed by atoms with Crippen molar-refractivity contribution in [1.29, 1.82) is 0 Å². The number of hydrogen-bond acceptors (Lipinski definition) is 3. The molecule has 0 aliphatic heterocycles. The van der Waals surface area contributed by atoms with E-state index in [2.05, 4.69) is 0 Å². The second-order valence-corrected chi connectivity index (χ2v) is 4.08. The number of aliphatic hydroxyl groups excluding tert-OH is 1. The molecule has 0 radical (unpaired) electrons. The van der Waals surface area contributed by atoms with Crippen molar-refractivity contribution in [1.82, 2.24) is 0 Å². The number of rotatable bonds is 6. The maximum atomic E-state index is 10.8. The van der Waals surface area contributed by atoms with Gasteiger partial charge in [0, 0.05) is 0 Å². The van der Waals surface area contributed by atoms with Crippen molar-refractivity contribution in [2.24, 2.45) is 0 Å². The zero-order chi connectivity index (χ0) is 12.7. The van der Waals surface area contributed by atoms with Crippen LogP contribution in [0, 0.1) is 0 Å². The van der Waals surface area contributed by atoms with Gasteiger partial charge in [0.15, 0.2) is 6.29 Å². The molecule has 0 bridgehead atoms. The second-order valence-electron chi connectivity index (χ2n) is 4.08. The maximum Gasteiger partial charge on any atom is 0.154 e. The predicted molar refractivity (Wildman–Crippen MR) is 68.1 cm³/mol. The number of carbonyl (C=O) groups excluding carboxylic acids is 1. The van der Waals surface area contributed by atoms with Crippen molar-refractivity contribution in [3.63, 3.8) is 0 Å². The molecule has 0 aromatic heterocycles. The molecule has 3 nitrogen and oxygen atoms in total. The molecule has 0 spiro atoms. The zero-order valence-electron chi connectivity index (χ0n) is 9.97. The van der Waals surface area contributed by atoms with E-state index >= 15 is 0 Å². The van der Waals surface area contributed by atoms with E-state index in [1.54, 1.807) is 19.1 Å². The van der Waals surface area contributed by atoms with Gasteiger partial charge in [0.05, 0.1) is 11.7 Å². The SMILES string of the molecule is C[C@@H](O)CCC/C=C/c1cccc(O)c1C=O. The van der Waals surface area contributed by atoms with Crippen LogP contribution in [0.1, 0.15) is 42.1 Å². The van der Waals surface area contributed by atoms with Crippen LogP contribution in [-0.2, 0) is 0 Å². The molecule has 1 atom stereocenters. The van der Waals surface area contributed by atoms with Crippen molar-refractivity contribution in [3.8, 4) is 5.75 Å². The Morgan fingerprint density at radius 1 is 1.41 bits per heavy atom. The molecule has 92 valence electrons. The average molecular weight is 234 g/mol. The molecule has 0 saturated carbocycles. The highest BCUT2D eigenvalue weighted by atomic mass is 16.3. The lowest BCUT2D eigenvalue weighted by Crippen LogP contribution is -1.97. The molecule has 0 heterocycles. The van der Waals surface area contributed by atoms with Gasteiger partial charge < -0.3 is 10.2 Å². The van der Waals surface area contributed by atoms with Gasteiger partial charge in [-0.1, -0.05) is 24.3 Å². The fourth-order valence-corrected chi connectivity index (χ4v) is 1.59. The lowest BCUT2D eigenvalue weighted by Gasteiger charge is -2.02. The van der Waals surface area contributed by atoms with E-state index in [1.807, 2.05) is 12.2 Å². The normalized spacial score (nSPS) is 12.8. The second kappa shape index (κ2) is 6.86. The van der Waals surface area contributed by atoms with Gasteiger partial charge in [-0.2, -0.15) is 0 Å². The smallest absolute Gasteiger partial charge is 0.154 e. The fourth-order valence-electron chi connectivity index (χ4n) is 1.59. The van der Waals surface area contributed by atoms with Crippen molar-refractivity contribution in [3.05, 3.63) is 35.4 Å². The first-order chi connectivity index (χ1) is 8.15. The molecule has 17 heavy (non-hydrogen) atoms. The van der Waals surface area contributed by atoms with Crippen LogP contribution in [0.25, 0.3) is 6.08 Å². The third-order valence-corrected chi connectivity index (χ3v) is 2.52. The van der Waals surface area contributed by atoms with Crippen LogP contribution in [0.5, 0.6) is 5.75 Å². The summed E-state index contributed by atoms with van der Waals surface area (Å²) in [5, 5.41) is 18.6. The van der Waals surface area contributed by atoms with Gasteiger partial charge >= 0.3 is 0 Å². The topological polar surface area (TPSA) is 57.5 Å². The standard InChI is InChI=1S/C14H18O3/c1-11(16)6-3-2-4-7-12-8-5-9-14(17)13(12)10-15/h4-5,7-11,16-17H,2-3,6H2,1H3/b7-4+/t11-/m1/s1. The number of allylic oxidation sites excluding steroid dienone is 1. The monoisotopic (exact) mass is 234 g/mol. The van der Waals surface area contributed by atoms with Gasteiger partial charge in [-0.15, -0.1) is 0 Å². The van der Waals surface area contributed by atoms with E-state index < -0.39 is 0 Å². The Hall–Kier alpha value is -1.61. The summed E-state index contributed by atoms with van der Waals surface area (Å²) in [6.45, 7) is 1.77. The summed E-state index contributed by atoms with van der Waals surface area (Å²) in [5.74, 6) is 0.00568. The number of benzene rings is 1. The van der Waals surface area contributed by atoms with Gasteiger partial charge in [0.2, 0.25) is 0 Å². The molecule has 3 heteroatoms. The molecule has 0 aliphatic rings. The summed E-state index contributed by atoms with van der Waals surface area (Å²) < 4.78 is 0. The molecule has 0 saturated heterocycles. The van der Waals surface area contributed by atoms with Gasteiger partial charge in [-0.05, 0) is 37.8 Å². The molecule has 1 aromatic carbocycles. The minimum absolute atomic E-state index is 0.00568. The minimum Gasteiger partial charge on any atom is -0.507 e. The van der Waals surface area contributed by atoms with Crippen LogP contribution in [0.4, 0.5) is 0 Å². The van der Waals surface area contributed by atoms with E-state index in [0.717, 1.165) is 24.8 Å². The predicted octanol–water partition coefficient (Wildman–Crippen LogP) is 2.77. The van der Waals surface area contributed by atoms with Crippen LogP contribution in [0.2, 0.25) is 0 Å². The van der Waals surface area contributed by atoms with Crippen LogP contribution in [0.3, 0.4) is 0 Å². The Balaban J connectivity index is 2.59. The first kappa shape index (κ1) is 13.5. The van der Waals surface area contributed by atoms with E-state index in [1.165, 1.54) is 6.07 Å². The number of carbonyl (C=O) groups is 1. The Kier molecular flexibility index (Phi) is 5.43. The maximum absolute atomic E-state index is 10.8. The highest BCUT2D eigenvalue weighted by molar-refractivity contribution is 5.85. The number of aromatic hydroxyl groups is 1. The van der Waals surface area contributed by atoms with Crippen molar-refractivity contribution in [2.75, 3.05) is 0 Å². The lowest BCUT2D eigenvalue weighted by atomic mass is 10.1. The van der Waals surface area contributed by atoms with Crippen molar-refractivity contribution < 1.29 is 15.0 Å². The first-order valence-electron chi connectivity index (χ1n) is 5.77. The van der Waals surface area contributed by atoms with Crippen molar-refractivity contribution in [2.45, 2.75) is 32.3 Å². The molecule has 0 fully saturated rings. The van der Waals surface area contributed by atoms with E-state index in [9.17, 15) is 9.90 Å². The van der Waals surface area contributed by atoms with E-state index in [-0.39, 0.29) is 11.9 Å². The summed E-state index contributed by atoms with van der Waals surface area (Å²) >= 11 is 0. The molecule has 0 unspecified atom stereocenters. The van der Waals surface area contributed by atoms with Gasteiger partial charge in [0.25, 0.3) is 0 Å². The number of aliphatic hydroxyl groups is 1. The summed E-state index contributed by atoms with van der Waals surface area (Å²) in [7, 11) is 0. The molecular formula is C14H18O3. The average Bonchev–Trinajstić information content (AvgIpc) is 2.28. The molecule has 1 aromatic rings. The largest absolute Gasteiger partial charge is 0.507 e. The molecule has 1 rings (SSSR count). The number of phenolic OH excluding ortho intramolecular Hbond substituents is 1. The van der Waals surface area contributed by atoms with Crippen molar-refractivity contribution >= 4 is 12.4 Å². The zero-order valence-corrected chi connectivity index (χ0v) is 9.97. The molecule has 0 aliphatic carbocycles. The molecule has 2 N–H and O–H groups in total. The fraction of sp³-hybridized carbons (Fsp3) is 0.357. The van der Waals surface area contributed by atoms with Crippen LogP contribution >= 0.6 is 0 Å².